The maximum absolute atomic E-state index is 12.7. The number of methoxy groups -OCH3 is 1. The lowest BCUT2D eigenvalue weighted by Gasteiger charge is -2.15. The summed E-state index contributed by atoms with van der Waals surface area (Å²) in [5.74, 6) is -3.05. The minimum Gasteiger partial charge on any atom is -0.465 e. The van der Waals surface area contributed by atoms with Crippen molar-refractivity contribution >= 4 is 15.8 Å². The first-order valence-electron chi connectivity index (χ1n) is 5.37. The van der Waals surface area contributed by atoms with Crippen molar-refractivity contribution in [1.29, 1.82) is 0 Å². The summed E-state index contributed by atoms with van der Waals surface area (Å²) in [6, 6.07) is 1.42. The van der Waals surface area contributed by atoms with Gasteiger partial charge in [0.2, 0.25) is 0 Å². The molecule has 0 aliphatic carbocycles. The van der Waals surface area contributed by atoms with Crippen LogP contribution < -0.4 is 0 Å². The van der Waals surface area contributed by atoms with Gasteiger partial charge in [-0.2, -0.15) is 26.3 Å². The average molecular weight is 350 g/mol. The van der Waals surface area contributed by atoms with Crippen LogP contribution in [0.25, 0.3) is 0 Å². The van der Waals surface area contributed by atoms with Crippen LogP contribution in [0.2, 0.25) is 0 Å². The largest absolute Gasteiger partial charge is 0.497 e. The number of hydrogen-bond donors (Lipinski definition) is 0. The van der Waals surface area contributed by atoms with Gasteiger partial charge < -0.3 is 4.74 Å². The van der Waals surface area contributed by atoms with Gasteiger partial charge in [0.15, 0.2) is 0 Å². The number of carbonyl (C=O) groups is 1. The highest BCUT2D eigenvalue weighted by Crippen LogP contribution is 2.35. The topological polar surface area (TPSA) is 60.4 Å². The Balaban J connectivity index is 3.45. The van der Waals surface area contributed by atoms with E-state index in [1.165, 1.54) is 0 Å². The van der Waals surface area contributed by atoms with Gasteiger partial charge in [-0.15, -0.1) is 0 Å². The summed E-state index contributed by atoms with van der Waals surface area (Å²) in [6.07, 6.45) is -5.08. The van der Waals surface area contributed by atoms with Crippen molar-refractivity contribution in [2.45, 2.75) is 17.4 Å². The Morgan fingerprint density at radius 1 is 1.14 bits per heavy atom. The molecule has 0 aromatic heterocycles. The SMILES string of the molecule is COC(=O)c1ccc(C(F)(F)F)c(CS(=O)(=O)C(F)(F)F)c1. The maximum Gasteiger partial charge on any atom is 0.497 e. The first-order valence-corrected chi connectivity index (χ1v) is 7.02. The van der Waals surface area contributed by atoms with Gasteiger partial charge in [0.25, 0.3) is 9.84 Å². The Morgan fingerprint density at radius 2 is 1.68 bits per heavy atom. The monoisotopic (exact) mass is 350 g/mol. The molecule has 1 rings (SSSR count). The summed E-state index contributed by atoms with van der Waals surface area (Å²) in [7, 11) is -4.93. The van der Waals surface area contributed by atoms with Crippen LogP contribution in [0.3, 0.4) is 0 Å². The summed E-state index contributed by atoms with van der Waals surface area (Å²) in [5.41, 5.74) is -8.97. The molecular weight excluding hydrogens is 342 g/mol. The molecule has 0 saturated carbocycles. The predicted octanol–water partition coefficient (Wildman–Crippen LogP) is 2.93. The van der Waals surface area contributed by atoms with Crippen LogP contribution >= 0.6 is 0 Å². The zero-order valence-corrected chi connectivity index (χ0v) is 11.6. The molecule has 0 aliphatic heterocycles. The molecule has 0 heterocycles. The van der Waals surface area contributed by atoms with E-state index in [9.17, 15) is 39.6 Å². The number of carbonyl (C=O) groups excluding carboxylic acids is 1. The van der Waals surface area contributed by atoms with Crippen molar-refractivity contribution in [2.75, 3.05) is 7.11 Å². The number of esters is 1. The van der Waals surface area contributed by atoms with E-state index in [-0.39, 0.29) is 0 Å². The Bertz CT molecular complexity index is 675. The van der Waals surface area contributed by atoms with Crippen molar-refractivity contribution in [3.05, 3.63) is 34.9 Å². The molecule has 1 aromatic rings. The van der Waals surface area contributed by atoms with E-state index in [0.29, 0.717) is 18.2 Å². The van der Waals surface area contributed by atoms with Crippen LogP contribution in [-0.2, 0) is 26.5 Å². The van der Waals surface area contributed by atoms with Crippen molar-refractivity contribution < 1.29 is 44.3 Å². The number of rotatable bonds is 3. The molecule has 0 amide bonds. The summed E-state index contributed by atoms with van der Waals surface area (Å²) in [5, 5.41) is 0. The van der Waals surface area contributed by atoms with Crippen molar-refractivity contribution in [1.82, 2.24) is 0 Å². The predicted molar refractivity (Wildman–Crippen MR) is 61.5 cm³/mol. The van der Waals surface area contributed by atoms with Gasteiger partial charge >= 0.3 is 17.7 Å². The van der Waals surface area contributed by atoms with Crippen LogP contribution in [0.15, 0.2) is 18.2 Å². The van der Waals surface area contributed by atoms with E-state index >= 15 is 0 Å². The van der Waals surface area contributed by atoms with Crippen LogP contribution in [0.5, 0.6) is 0 Å². The quantitative estimate of drug-likeness (QED) is 0.621. The highest BCUT2D eigenvalue weighted by Gasteiger charge is 2.47. The fraction of sp³-hybridized carbons (Fsp3) is 0.364. The van der Waals surface area contributed by atoms with E-state index in [0.717, 1.165) is 7.11 Å². The molecule has 0 unspecified atom stereocenters. The third-order valence-electron chi connectivity index (χ3n) is 2.53. The second-order valence-corrected chi connectivity index (χ2v) is 6.05. The van der Waals surface area contributed by atoms with Crippen molar-refractivity contribution in [3.8, 4) is 0 Å². The molecule has 11 heteroatoms. The average Bonchev–Trinajstić information content (AvgIpc) is 2.34. The van der Waals surface area contributed by atoms with E-state index in [4.69, 9.17) is 0 Å². The van der Waals surface area contributed by atoms with Gasteiger partial charge in [-0.05, 0) is 23.8 Å². The minimum absolute atomic E-state index is 0.327. The van der Waals surface area contributed by atoms with Crippen LogP contribution in [-0.4, -0.2) is 27.0 Å². The standard InChI is InChI=1S/C11H8F6O4S/c1-21-9(18)6-2-3-8(10(12,13)14)7(4-6)5-22(19,20)11(15,16)17/h2-4H,5H2,1H3. The number of ether oxygens (including phenoxy) is 1. The molecule has 0 atom stereocenters. The molecule has 0 fully saturated rings. The smallest absolute Gasteiger partial charge is 0.465 e. The first kappa shape index (κ1) is 18.3. The van der Waals surface area contributed by atoms with Gasteiger partial charge in [-0.3, -0.25) is 0 Å². The molecule has 0 aliphatic rings. The molecule has 1 aromatic carbocycles. The van der Waals surface area contributed by atoms with Gasteiger partial charge in [-0.1, -0.05) is 0 Å². The zero-order chi connectivity index (χ0) is 17.3. The lowest BCUT2D eigenvalue weighted by molar-refractivity contribution is -0.138. The highest BCUT2D eigenvalue weighted by atomic mass is 32.2. The number of alkyl halides is 6. The van der Waals surface area contributed by atoms with E-state index in [1.54, 1.807) is 0 Å². The number of sulfone groups is 1. The van der Waals surface area contributed by atoms with Crippen LogP contribution in [0, 0.1) is 0 Å². The lowest BCUT2D eigenvalue weighted by atomic mass is 10.0. The molecule has 4 nitrogen and oxygen atoms in total. The maximum atomic E-state index is 12.7. The number of halogens is 6. The third kappa shape index (κ3) is 3.90. The highest BCUT2D eigenvalue weighted by molar-refractivity contribution is 7.91. The Kier molecular flexibility index (Phi) is 4.80. The summed E-state index contributed by atoms with van der Waals surface area (Å²) >= 11 is 0. The van der Waals surface area contributed by atoms with E-state index in [2.05, 4.69) is 4.74 Å². The molecule has 0 saturated heterocycles. The van der Waals surface area contributed by atoms with Crippen molar-refractivity contribution in [3.63, 3.8) is 0 Å². The van der Waals surface area contributed by atoms with Crippen LogP contribution in [0.4, 0.5) is 26.3 Å². The summed E-state index contributed by atoms with van der Waals surface area (Å²) < 4.78 is 101. The van der Waals surface area contributed by atoms with E-state index < -0.39 is 49.9 Å². The van der Waals surface area contributed by atoms with Crippen molar-refractivity contribution in [2.24, 2.45) is 0 Å². The first-order chi connectivity index (χ1) is 9.79. The van der Waals surface area contributed by atoms with Gasteiger partial charge in [0, 0.05) is 0 Å². The van der Waals surface area contributed by atoms with Gasteiger partial charge in [0.05, 0.1) is 24.0 Å². The van der Waals surface area contributed by atoms with Gasteiger partial charge in [-0.25, -0.2) is 13.2 Å². The Labute approximate surface area is 120 Å². The van der Waals surface area contributed by atoms with Gasteiger partial charge in [0.1, 0.15) is 0 Å². The Morgan fingerprint density at radius 3 is 2.09 bits per heavy atom. The minimum atomic E-state index is -5.83. The molecule has 0 bridgehead atoms. The molecule has 22 heavy (non-hydrogen) atoms. The second kappa shape index (κ2) is 5.78. The number of benzene rings is 1. The molecule has 0 radical (unpaired) electrons. The molecule has 0 N–H and O–H groups in total. The third-order valence-corrected chi connectivity index (χ3v) is 3.93. The number of hydrogen-bond acceptors (Lipinski definition) is 4. The fourth-order valence-corrected chi connectivity index (χ4v) is 2.33. The van der Waals surface area contributed by atoms with Crippen LogP contribution in [0.1, 0.15) is 21.5 Å². The Hall–Kier alpha value is -1.78. The summed E-state index contributed by atoms with van der Waals surface area (Å²) in [6.45, 7) is 0. The van der Waals surface area contributed by atoms with E-state index in [1.807, 2.05) is 0 Å². The zero-order valence-electron chi connectivity index (χ0n) is 10.7. The second-order valence-electron chi connectivity index (χ2n) is 4.07. The molecular formula is C11H8F6O4S. The lowest BCUT2D eigenvalue weighted by Crippen LogP contribution is -2.26. The fourth-order valence-electron chi connectivity index (χ4n) is 1.52. The molecule has 124 valence electrons. The normalized spacial score (nSPS) is 13.0. The summed E-state index contributed by atoms with van der Waals surface area (Å²) in [4.78, 5) is 11.2. The molecule has 0 spiro atoms.